The van der Waals surface area contributed by atoms with Gasteiger partial charge in [0.2, 0.25) is 5.95 Å². The van der Waals surface area contributed by atoms with E-state index in [-0.39, 0.29) is 11.4 Å². The highest BCUT2D eigenvalue weighted by Crippen LogP contribution is 2.55. The lowest BCUT2D eigenvalue weighted by molar-refractivity contribution is -0.149. The van der Waals surface area contributed by atoms with E-state index in [0.29, 0.717) is 32.1 Å². The van der Waals surface area contributed by atoms with Gasteiger partial charge >= 0.3 is 11.8 Å². The first-order chi connectivity index (χ1) is 13.1. The van der Waals surface area contributed by atoms with Crippen molar-refractivity contribution in [2.45, 2.75) is 44.1 Å². The van der Waals surface area contributed by atoms with Gasteiger partial charge in [-0.2, -0.15) is 0 Å². The summed E-state index contributed by atoms with van der Waals surface area (Å²) in [6.45, 7) is 2.37. The number of hydrogen-bond donors (Lipinski definition) is 1. The lowest BCUT2D eigenvalue weighted by Crippen LogP contribution is -2.62. The highest BCUT2D eigenvalue weighted by atomic mass is 16.2. The summed E-state index contributed by atoms with van der Waals surface area (Å²) >= 11 is 0. The Bertz CT molecular complexity index is 694. The Morgan fingerprint density at radius 1 is 0.926 bits per heavy atom. The molecular weight excluding hydrogens is 342 g/mol. The maximum absolute atomic E-state index is 12.7. The maximum Gasteiger partial charge on any atom is 0.312 e. The van der Waals surface area contributed by atoms with Gasteiger partial charge in [0.25, 0.3) is 0 Å². The lowest BCUT2D eigenvalue weighted by atomic mass is 9.53. The minimum Gasteiger partial charge on any atom is -0.342 e. The Morgan fingerprint density at radius 2 is 1.48 bits per heavy atom. The van der Waals surface area contributed by atoms with Crippen molar-refractivity contribution in [1.82, 2.24) is 20.2 Å². The molecule has 7 nitrogen and oxygen atoms in total. The predicted octanol–water partition coefficient (Wildman–Crippen LogP) is 1.21. The third-order valence-corrected chi connectivity index (χ3v) is 7.01. The van der Waals surface area contributed by atoms with Gasteiger partial charge < -0.3 is 15.1 Å². The van der Waals surface area contributed by atoms with Crippen LogP contribution in [0.1, 0.15) is 38.5 Å². The molecule has 0 radical (unpaired) electrons. The van der Waals surface area contributed by atoms with Crippen molar-refractivity contribution in [3.63, 3.8) is 0 Å². The summed E-state index contributed by atoms with van der Waals surface area (Å²) in [5.41, 5.74) is -0.110. The van der Waals surface area contributed by atoms with Crippen LogP contribution in [0.2, 0.25) is 0 Å². The van der Waals surface area contributed by atoms with Gasteiger partial charge in [-0.3, -0.25) is 9.59 Å². The fourth-order valence-corrected chi connectivity index (χ4v) is 6.27. The number of amides is 2. The van der Waals surface area contributed by atoms with Crippen molar-refractivity contribution >= 4 is 17.8 Å². The van der Waals surface area contributed by atoms with Crippen LogP contribution in [0.15, 0.2) is 18.5 Å². The van der Waals surface area contributed by atoms with Crippen LogP contribution in [-0.2, 0) is 9.59 Å². The van der Waals surface area contributed by atoms with Gasteiger partial charge in [0.15, 0.2) is 0 Å². The first kappa shape index (κ1) is 17.0. The summed E-state index contributed by atoms with van der Waals surface area (Å²) in [6.07, 6.45) is 10.6. The molecule has 1 aliphatic heterocycles. The van der Waals surface area contributed by atoms with Gasteiger partial charge in [-0.05, 0) is 62.3 Å². The molecule has 5 aliphatic rings. The van der Waals surface area contributed by atoms with Crippen LogP contribution in [0, 0.1) is 17.8 Å². The first-order valence-corrected chi connectivity index (χ1v) is 10.2. The molecule has 1 aromatic rings. The van der Waals surface area contributed by atoms with Gasteiger partial charge in [-0.25, -0.2) is 9.97 Å². The number of aromatic nitrogens is 2. The normalized spacial score (nSPS) is 34.6. The Morgan fingerprint density at radius 3 is 2.04 bits per heavy atom. The molecule has 2 amide bonds. The number of carbonyl (C=O) groups excluding carboxylic acids is 2. The molecule has 0 unspecified atom stereocenters. The standard InChI is InChI=1S/C20H27N5O2/c26-17(23-20-11-14-8-15(12-20)10-16(9-14)13-20)18(27)24-4-6-25(7-5-24)19-21-2-1-3-22-19/h1-3,14-16H,4-13H2,(H,23,26). The highest BCUT2D eigenvalue weighted by Gasteiger charge is 2.52. The molecule has 7 heteroatoms. The summed E-state index contributed by atoms with van der Waals surface area (Å²) < 4.78 is 0. The first-order valence-electron chi connectivity index (χ1n) is 10.2. The van der Waals surface area contributed by atoms with E-state index in [1.54, 1.807) is 23.4 Å². The lowest BCUT2D eigenvalue weighted by Gasteiger charge is -2.56. The molecule has 1 aromatic heterocycles. The average Bonchev–Trinajstić information content (AvgIpc) is 2.67. The second kappa shape index (κ2) is 6.46. The fourth-order valence-electron chi connectivity index (χ4n) is 6.27. The summed E-state index contributed by atoms with van der Waals surface area (Å²) in [7, 11) is 0. The van der Waals surface area contributed by atoms with Crippen LogP contribution in [0.25, 0.3) is 0 Å². The zero-order valence-corrected chi connectivity index (χ0v) is 15.6. The van der Waals surface area contributed by atoms with Crippen LogP contribution in [0.4, 0.5) is 5.95 Å². The van der Waals surface area contributed by atoms with Crippen LogP contribution in [0.3, 0.4) is 0 Å². The van der Waals surface area contributed by atoms with Gasteiger partial charge in [0.05, 0.1) is 0 Å². The van der Waals surface area contributed by atoms with Crippen molar-refractivity contribution in [3.05, 3.63) is 18.5 Å². The van der Waals surface area contributed by atoms with Crippen LogP contribution < -0.4 is 10.2 Å². The van der Waals surface area contributed by atoms with E-state index in [9.17, 15) is 9.59 Å². The molecule has 0 atom stereocenters. The van der Waals surface area contributed by atoms with Crippen molar-refractivity contribution in [2.24, 2.45) is 17.8 Å². The molecule has 0 spiro atoms. The van der Waals surface area contributed by atoms with Gasteiger partial charge in [0.1, 0.15) is 0 Å². The van der Waals surface area contributed by atoms with E-state index < -0.39 is 5.91 Å². The Hall–Kier alpha value is -2.18. The maximum atomic E-state index is 12.7. The molecule has 144 valence electrons. The molecule has 6 rings (SSSR count). The highest BCUT2D eigenvalue weighted by molar-refractivity contribution is 6.35. The largest absolute Gasteiger partial charge is 0.342 e. The van der Waals surface area contributed by atoms with E-state index >= 15 is 0 Å². The number of nitrogens with zero attached hydrogens (tertiary/aromatic N) is 4. The summed E-state index contributed by atoms with van der Waals surface area (Å²) in [5.74, 6) is 2.16. The zero-order valence-electron chi connectivity index (χ0n) is 15.6. The Kier molecular flexibility index (Phi) is 4.06. The second-order valence-corrected chi connectivity index (χ2v) is 8.98. The number of carbonyl (C=O) groups is 2. The molecule has 1 saturated heterocycles. The number of piperazine rings is 1. The van der Waals surface area contributed by atoms with Crippen LogP contribution in [-0.4, -0.2) is 58.4 Å². The molecule has 4 bridgehead atoms. The van der Waals surface area contributed by atoms with E-state index in [4.69, 9.17) is 0 Å². The number of anilines is 1. The van der Waals surface area contributed by atoms with Gasteiger partial charge in [-0.1, -0.05) is 0 Å². The van der Waals surface area contributed by atoms with Crippen LogP contribution in [0.5, 0.6) is 0 Å². The van der Waals surface area contributed by atoms with E-state index in [2.05, 4.69) is 20.2 Å². The van der Waals surface area contributed by atoms with Crippen molar-refractivity contribution in [1.29, 1.82) is 0 Å². The SMILES string of the molecule is O=C(NC12CC3CC(CC(C3)C1)C2)C(=O)N1CCN(c2ncccn2)CC1. The Balaban J connectivity index is 1.19. The minimum atomic E-state index is -0.402. The number of nitrogens with one attached hydrogen (secondary N) is 1. The van der Waals surface area contributed by atoms with E-state index in [1.165, 1.54) is 19.3 Å². The smallest absolute Gasteiger partial charge is 0.312 e. The molecule has 5 fully saturated rings. The van der Waals surface area contributed by atoms with Crippen LogP contribution >= 0.6 is 0 Å². The quantitative estimate of drug-likeness (QED) is 0.793. The summed E-state index contributed by atoms with van der Waals surface area (Å²) in [6, 6.07) is 1.79. The van der Waals surface area contributed by atoms with Crippen molar-refractivity contribution in [2.75, 3.05) is 31.1 Å². The molecule has 0 aromatic carbocycles. The number of rotatable bonds is 2. The monoisotopic (exact) mass is 369 g/mol. The Labute approximate surface area is 159 Å². The molecule has 27 heavy (non-hydrogen) atoms. The molecule has 4 aliphatic carbocycles. The third kappa shape index (κ3) is 3.17. The van der Waals surface area contributed by atoms with Crippen molar-refractivity contribution in [3.8, 4) is 0 Å². The molecule has 4 saturated carbocycles. The third-order valence-electron chi connectivity index (χ3n) is 7.01. The second-order valence-electron chi connectivity index (χ2n) is 8.98. The van der Waals surface area contributed by atoms with Crippen molar-refractivity contribution < 1.29 is 9.59 Å². The van der Waals surface area contributed by atoms with E-state index in [0.717, 1.165) is 37.0 Å². The minimum absolute atomic E-state index is 0.110. The van der Waals surface area contributed by atoms with Gasteiger partial charge in [-0.15, -0.1) is 0 Å². The summed E-state index contributed by atoms with van der Waals surface area (Å²) in [5, 5.41) is 3.20. The molecular formula is C20H27N5O2. The zero-order chi connectivity index (χ0) is 18.4. The fraction of sp³-hybridized carbons (Fsp3) is 0.700. The predicted molar refractivity (Wildman–Crippen MR) is 99.9 cm³/mol. The summed E-state index contributed by atoms with van der Waals surface area (Å²) in [4.78, 5) is 37.7. The van der Waals surface area contributed by atoms with Gasteiger partial charge in [0, 0.05) is 44.1 Å². The topological polar surface area (TPSA) is 78.4 Å². The average molecular weight is 369 g/mol. The number of hydrogen-bond acceptors (Lipinski definition) is 5. The molecule has 1 N–H and O–H groups in total. The molecule has 2 heterocycles. The van der Waals surface area contributed by atoms with E-state index in [1.807, 2.05) is 0 Å².